The predicted molar refractivity (Wildman–Crippen MR) is 68.1 cm³/mol. The van der Waals surface area contributed by atoms with Gasteiger partial charge in [-0.05, 0) is 38.6 Å². The second-order valence-electron chi connectivity index (χ2n) is 5.09. The summed E-state index contributed by atoms with van der Waals surface area (Å²) in [6.07, 6.45) is 3.54. The number of aliphatic hydroxyl groups is 1. The molecule has 0 spiro atoms. The molecule has 4 nitrogen and oxygen atoms in total. The Morgan fingerprint density at radius 1 is 1.47 bits per heavy atom. The van der Waals surface area contributed by atoms with Crippen LogP contribution in [0.4, 0.5) is 0 Å². The van der Waals surface area contributed by atoms with Gasteiger partial charge in [0.2, 0.25) is 0 Å². The summed E-state index contributed by atoms with van der Waals surface area (Å²) >= 11 is 0. The Morgan fingerprint density at radius 3 is 2.65 bits per heavy atom. The zero-order chi connectivity index (χ0) is 12.7. The van der Waals surface area contributed by atoms with E-state index in [4.69, 9.17) is 9.47 Å². The Balaban J connectivity index is 2.44. The largest absolute Gasteiger partial charge is 0.394 e. The van der Waals surface area contributed by atoms with E-state index in [9.17, 15) is 5.11 Å². The lowest BCUT2D eigenvalue weighted by Gasteiger charge is -2.34. The third-order valence-electron chi connectivity index (χ3n) is 3.39. The van der Waals surface area contributed by atoms with Crippen molar-refractivity contribution in [3.63, 3.8) is 0 Å². The zero-order valence-corrected chi connectivity index (χ0v) is 11.4. The van der Waals surface area contributed by atoms with Gasteiger partial charge >= 0.3 is 0 Å². The SMILES string of the molecule is CCCNC(CO)(COC(C)COC)C1CC1. The molecule has 0 aromatic heterocycles. The van der Waals surface area contributed by atoms with Gasteiger partial charge in [-0.15, -0.1) is 0 Å². The van der Waals surface area contributed by atoms with Crippen LogP contribution in [0.2, 0.25) is 0 Å². The van der Waals surface area contributed by atoms with Gasteiger partial charge in [0.25, 0.3) is 0 Å². The molecule has 0 radical (unpaired) electrons. The molecule has 0 aromatic carbocycles. The predicted octanol–water partition coefficient (Wildman–Crippen LogP) is 1.18. The summed E-state index contributed by atoms with van der Waals surface area (Å²) in [5.41, 5.74) is -0.238. The van der Waals surface area contributed by atoms with Crippen LogP contribution < -0.4 is 5.32 Å². The standard InChI is InChI=1S/C13H27NO3/c1-4-7-14-13(9-15,12-5-6-12)10-17-11(2)8-16-3/h11-12,14-15H,4-10H2,1-3H3. The van der Waals surface area contributed by atoms with Gasteiger partial charge in [0.05, 0.1) is 31.5 Å². The van der Waals surface area contributed by atoms with Crippen LogP contribution in [0.5, 0.6) is 0 Å². The number of hydrogen-bond acceptors (Lipinski definition) is 4. The first-order valence-electron chi connectivity index (χ1n) is 6.65. The fraction of sp³-hybridized carbons (Fsp3) is 1.00. The maximum absolute atomic E-state index is 9.68. The van der Waals surface area contributed by atoms with Crippen molar-refractivity contribution < 1.29 is 14.6 Å². The quantitative estimate of drug-likeness (QED) is 0.607. The summed E-state index contributed by atoms with van der Waals surface area (Å²) in [4.78, 5) is 0. The van der Waals surface area contributed by atoms with Crippen LogP contribution in [0, 0.1) is 5.92 Å². The van der Waals surface area contributed by atoms with Crippen molar-refractivity contribution in [2.45, 2.75) is 44.8 Å². The Labute approximate surface area is 105 Å². The van der Waals surface area contributed by atoms with Crippen LogP contribution in [0.25, 0.3) is 0 Å². The maximum atomic E-state index is 9.68. The van der Waals surface area contributed by atoms with Crippen molar-refractivity contribution in [3.8, 4) is 0 Å². The molecule has 102 valence electrons. The Morgan fingerprint density at radius 2 is 2.18 bits per heavy atom. The van der Waals surface area contributed by atoms with Crippen molar-refractivity contribution in [1.82, 2.24) is 5.32 Å². The lowest BCUT2D eigenvalue weighted by Crippen LogP contribution is -2.55. The van der Waals surface area contributed by atoms with Gasteiger partial charge in [-0.3, -0.25) is 0 Å². The highest BCUT2D eigenvalue weighted by Gasteiger charge is 2.44. The molecule has 17 heavy (non-hydrogen) atoms. The number of methoxy groups -OCH3 is 1. The van der Waals surface area contributed by atoms with Gasteiger partial charge in [0.1, 0.15) is 0 Å². The highest BCUT2D eigenvalue weighted by molar-refractivity contribution is 5.01. The smallest absolute Gasteiger partial charge is 0.0781 e. The number of rotatable bonds is 10. The molecule has 4 heteroatoms. The molecule has 2 N–H and O–H groups in total. The summed E-state index contributed by atoms with van der Waals surface area (Å²) < 4.78 is 10.8. The molecule has 0 heterocycles. The van der Waals surface area contributed by atoms with E-state index in [-0.39, 0.29) is 18.2 Å². The number of hydrogen-bond donors (Lipinski definition) is 2. The van der Waals surface area contributed by atoms with E-state index in [0.29, 0.717) is 19.1 Å². The molecular formula is C13H27NO3. The van der Waals surface area contributed by atoms with E-state index in [1.165, 1.54) is 12.8 Å². The fourth-order valence-corrected chi connectivity index (χ4v) is 2.13. The van der Waals surface area contributed by atoms with E-state index in [0.717, 1.165) is 13.0 Å². The van der Waals surface area contributed by atoms with Crippen molar-refractivity contribution >= 4 is 0 Å². The lowest BCUT2D eigenvalue weighted by atomic mass is 9.95. The molecule has 1 rings (SSSR count). The molecule has 2 unspecified atom stereocenters. The average Bonchev–Trinajstić information content (AvgIpc) is 3.15. The minimum absolute atomic E-state index is 0.0769. The van der Waals surface area contributed by atoms with E-state index in [1.807, 2.05) is 6.92 Å². The Bertz CT molecular complexity index is 209. The second kappa shape index (κ2) is 7.31. The molecular weight excluding hydrogens is 218 g/mol. The van der Waals surface area contributed by atoms with Gasteiger partial charge in [-0.25, -0.2) is 0 Å². The Kier molecular flexibility index (Phi) is 6.41. The maximum Gasteiger partial charge on any atom is 0.0781 e. The van der Waals surface area contributed by atoms with Gasteiger partial charge in [-0.2, -0.15) is 0 Å². The van der Waals surface area contributed by atoms with Crippen LogP contribution in [0.3, 0.4) is 0 Å². The number of nitrogens with one attached hydrogen (secondary N) is 1. The van der Waals surface area contributed by atoms with Crippen LogP contribution in [-0.2, 0) is 9.47 Å². The van der Waals surface area contributed by atoms with Crippen molar-refractivity contribution in [3.05, 3.63) is 0 Å². The summed E-state index contributed by atoms with van der Waals surface area (Å²) in [5, 5.41) is 13.2. The van der Waals surface area contributed by atoms with E-state index >= 15 is 0 Å². The highest BCUT2D eigenvalue weighted by Crippen LogP contribution is 2.39. The molecule has 1 aliphatic rings. The molecule has 2 atom stereocenters. The first-order chi connectivity index (χ1) is 8.18. The molecule has 1 aliphatic carbocycles. The van der Waals surface area contributed by atoms with E-state index < -0.39 is 0 Å². The monoisotopic (exact) mass is 245 g/mol. The van der Waals surface area contributed by atoms with Crippen LogP contribution >= 0.6 is 0 Å². The van der Waals surface area contributed by atoms with E-state index in [2.05, 4.69) is 12.2 Å². The average molecular weight is 245 g/mol. The van der Waals surface area contributed by atoms with Crippen LogP contribution in [-0.4, -0.2) is 50.2 Å². The zero-order valence-electron chi connectivity index (χ0n) is 11.4. The summed E-state index contributed by atoms with van der Waals surface area (Å²) in [7, 11) is 1.68. The Hall–Kier alpha value is -0.160. The van der Waals surface area contributed by atoms with Gasteiger partial charge < -0.3 is 19.9 Å². The van der Waals surface area contributed by atoms with Crippen molar-refractivity contribution in [2.24, 2.45) is 5.92 Å². The fourth-order valence-electron chi connectivity index (χ4n) is 2.13. The number of ether oxygens (including phenoxy) is 2. The molecule has 1 saturated carbocycles. The second-order valence-corrected chi connectivity index (χ2v) is 5.09. The van der Waals surface area contributed by atoms with Crippen molar-refractivity contribution in [1.29, 1.82) is 0 Å². The summed E-state index contributed by atoms with van der Waals surface area (Å²) in [5.74, 6) is 0.564. The van der Waals surface area contributed by atoms with Gasteiger partial charge in [0, 0.05) is 7.11 Å². The third kappa shape index (κ3) is 4.54. The minimum atomic E-state index is -0.238. The van der Waals surface area contributed by atoms with E-state index in [1.54, 1.807) is 7.11 Å². The van der Waals surface area contributed by atoms with Gasteiger partial charge in [0.15, 0.2) is 0 Å². The first-order valence-corrected chi connectivity index (χ1v) is 6.65. The van der Waals surface area contributed by atoms with Gasteiger partial charge in [-0.1, -0.05) is 6.92 Å². The van der Waals surface area contributed by atoms with Crippen molar-refractivity contribution in [2.75, 3.05) is 33.5 Å². The van der Waals surface area contributed by atoms with Crippen LogP contribution in [0.15, 0.2) is 0 Å². The normalized spacial score (nSPS) is 21.2. The summed E-state index contributed by atoms with van der Waals surface area (Å²) in [6.45, 7) is 6.38. The van der Waals surface area contributed by atoms with Crippen LogP contribution in [0.1, 0.15) is 33.1 Å². The lowest BCUT2D eigenvalue weighted by molar-refractivity contribution is -0.0383. The molecule has 0 saturated heterocycles. The number of aliphatic hydroxyl groups excluding tert-OH is 1. The molecule has 1 fully saturated rings. The first kappa shape index (κ1) is 14.9. The topological polar surface area (TPSA) is 50.7 Å². The summed E-state index contributed by atoms with van der Waals surface area (Å²) in [6, 6.07) is 0. The molecule has 0 aliphatic heterocycles. The third-order valence-corrected chi connectivity index (χ3v) is 3.39. The minimum Gasteiger partial charge on any atom is -0.394 e. The highest BCUT2D eigenvalue weighted by atomic mass is 16.5. The molecule has 0 bridgehead atoms. The molecule has 0 amide bonds. The molecule has 0 aromatic rings.